The first-order valence-electron chi connectivity index (χ1n) is 9.52. The molecule has 0 amide bonds. The molecule has 0 spiro atoms. The minimum Gasteiger partial charge on any atom is -0.494 e. The Kier molecular flexibility index (Phi) is 7.83. The highest BCUT2D eigenvalue weighted by atomic mass is 16.5. The highest BCUT2D eigenvalue weighted by molar-refractivity contribution is 5.29. The Balaban J connectivity index is 1.66. The first-order chi connectivity index (χ1) is 10.8. The summed E-state index contributed by atoms with van der Waals surface area (Å²) in [5, 5.41) is 0. The number of hydrogen-bond donors (Lipinski definition) is 0. The molecular formula is C21H34O. The van der Waals surface area contributed by atoms with Crippen molar-refractivity contribution in [2.24, 2.45) is 5.92 Å². The third kappa shape index (κ3) is 6.02. The van der Waals surface area contributed by atoms with Gasteiger partial charge in [0.1, 0.15) is 5.75 Å². The largest absolute Gasteiger partial charge is 0.494 e. The van der Waals surface area contributed by atoms with Crippen LogP contribution in [-0.4, -0.2) is 6.61 Å². The van der Waals surface area contributed by atoms with Crippen LogP contribution < -0.4 is 4.74 Å². The maximum absolute atomic E-state index is 5.88. The number of benzene rings is 1. The molecule has 0 bridgehead atoms. The fraction of sp³-hybridized carbons (Fsp3) is 0.714. The van der Waals surface area contributed by atoms with Gasteiger partial charge >= 0.3 is 0 Å². The smallest absolute Gasteiger partial charge is 0.119 e. The van der Waals surface area contributed by atoms with Gasteiger partial charge in [-0.15, -0.1) is 0 Å². The van der Waals surface area contributed by atoms with Crippen molar-refractivity contribution in [1.29, 1.82) is 0 Å². The van der Waals surface area contributed by atoms with E-state index in [1.165, 1.54) is 69.8 Å². The molecule has 2 atom stereocenters. The van der Waals surface area contributed by atoms with Gasteiger partial charge in [-0.25, -0.2) is 0 Å². The minimum absolute atomic E-state index is 0.774. The molecule has 1 saturated carbocycles. The van der Waals surface area contributed by atoms with Crippen molar-refractivity contribution in [2.75, 3.05) is 6.61 Å². The molecule has 0 aromatic heterocycles. The topological polar surface area (TPSA) is 9.23 Å². The fourth-order valence-corrected chi connectivity index (χ4v) is 3.65. The van der Waals surface area contributed by atoms with Crippen molar-refractivity contribution >= 4 is 0 Å². The van der Waals surface area contributed by atoms with E-state index < -0.39 is 0 Å². The summed E-state index contributed by atoms with van der Waals surface area (Å²) < 4.78 is 5.88. The summed E-state index contributed by atoms with van der Waals surface area (Å²) in [6, 6.07) is 8.93. The summed E-state index contributed by atoms with van der Waals surface area (Å²) in [4.78, 5) is 0. The second kappa shape index (κ2) is 9.92. The molecule has 1 aromatic carbocycles. The lowest BCUT2D eigenvalue weighted by Gasteiger charge is -2.27. The van der Waals surface area contributed by atoms with Crippen molar-refractivity contribution in [3.05, 3.63) is 29.8 Å². The van der Waals surface area contributed by atoms with Gasteiger partial charge in [-0.1, -0.05) is 70.9 Å². The molecule has 0 saturated heterocycles. The van der Waals surface area contributed by atoms with E-state index in [1.807, 2.05) is 0 Å². The first-order valence-corrected chi connectivity index (χ1v) is 9.52. The Morgan fingerprint density at radius 3 is 2.41 bits per heavy atom. The molecule has 2 rings (SSSR count). The molecule has 0 aliphatic heterocycles. The van der Waals surface area contributed by atoms with E-state index in [0.29, 0.717) is 0 Å². The van der Waals surface area contributed by atoms with Crippen LogP contribution in [0.1, 0.15) is 89.5 Å². The van der Waals surface area contributed by atoms with E-state index in [9.17, 15) is 0 Å². The van der Waals surface area contributed by atoms with Gasteiger partial charge in [0, 0.05) is 0 Å². The Bertz CT molecular complexity index is 395. The van der Waals surface area contributed by atoms with Crippen molar-refractivity contribution in [3.8, 4) is 5.75 Å². The highest BCUT2D eigenvalue weighted by Crippen LogP contribution is 2.36. The van der Waals surface area contributed by atoms with E-state index in [1.54, 1.807) is 0 Å². The van der Waals surface area contributed by atoms with E-state index in [4.69, 9.17) is 4.74 Å². The monoisotopic (exact) mass is 302 g/mol. The molecule has 124 valence electrons. The number of unbranched alkanes of at least 4 members (excludes halogenated alkanes) is 5. The zero-order valence-corrected chi connectivity index (χ0v) is 14.7. The lowest BCUT2D eigenvalue weighted by atomic mass is 9.79. The second-order valence-corrected chi connectivity index (χ2v) is 7.15. The fourth-order valence-electron chi connectivity index (χ4n) is 3.65. The van der Waals surface area contributed by atoms with Crippen molar-refractivity contribution in [1.82, 2.24) is 0 Å². The molecule has 0 radical (unpaired) electrons. The molecular weight excluding hydrogens is 268 g/mol. The summed E-state index contributed by atoms with van der Waals surface area (Å²) in [5.41, 5.74) is 1.51. The van der Waals surface area contributed by atoms with Crippen LogP contribution in [0.25, 0.3) is 0 Å². The van der Waals surface area contributed by atoms with Crippen LogP contribution in [0, 0.1) is 5.92 Å². The average Bonchev–Trinajstić information content (AvgIpc) is 2.55. The zero-order valence-electron chi connectivity index (χ0n) is 14.7. The van der Waals surface area contributed by atoms with Gasteiger partial charge in [0.25, 0.3) is 0 Å². The standard InChI is InChI=1S/C21H34O/c1-3-4-5-6-7-8-16-22-21-14-12-19(13-15-21)20-11-9-10-18(2)17-20/h12-15,18,20H,3-11,16-17H2,1-2H3. The number of hydrogen-bond acceptors (Lipinski definition) is 1. The Morgan fingerprint density at radius 2 is 1.68 bits per heavy atom. The average molecular weight is 303 g/mol. The van der Waals surface area contributed by atoms with Crippen LogP contribution >= 0.6 is 0 Å². The highest BCUT2D eigenvalue weighted by Gasteiger charge is 2.20. The van der Waals surface area contributed by atoms with Crippen LogP contribution in [0.3, 0.4) is 0 Å². The molecule has 1 heteroatoms. The first kappa shape index (κ1) is 17.4. The normalized spacial score (nSPS) is 21.7. The van der Waals surface area contributed by atoms with Gasteiger partial charge in [-0.2, -0.15) is 0 Å². The van der Waals surface area contributed by atoms with Gasteiger partial charge in [0.05, 0.1) is 6.61 Å². The summed E-state index contributed by atoms with van der Waals surface area (Å²) in [6.45, 7) is 5.52. The molecule has 0 heterocycles. The lowest BCUT2D eigenvalue weighted by Crippen LogP contribution is -2.11. The Hall–Kier alpha value is -0.980. The number of ether oxygens (including phenoxy) is 1. The molecule has 1 nitrogen and oxygen atoms in total. The lowest BCUT2D eigenvalue weighted by molar-refractivity contribution is 0.304. The van der Waals surface area contributed by atoms with Crippen molar-refractivity contribution < 1.29 is 4.74 Å². The molecule has 1 aromatic rings. The maximum Gasteiger partial charge on any atom is 0.119 e. The predicted octanol–water partition coefficient (Wildman–Crippen LogP) is 6.72. The summed E-state index contributed by atoms with van der Waals surface area (Å²) >= 11 is 0. The zero-order chi connectivity index (χ0) is 15.6. The third-order valence-electron chi connectivity index (χ3n) is 5.05. The van der Waals surface area contributed by atoms with Gasteiger partial charge in [-0.05, 0) is 48.8 Å². The summed E-state index contributed by atoms with van der Waals surface area (Å²) in [7, 11) is 0. The van der Waals surface area contributed by atoms with Gasteiger partial charge in [0.15, 0.2) is 0 Å². The SMILES string of the molecule is CCCCCCCCOc1ccc(C2CCCC(C)C2)cc1. The quantitative estimate of drug-likeness (QED) is 0.460. The minimum atomic E-state index is 0.774. The Morgan fingerprint density at radius 1 is 0.955 bits per heavy atom. The van der Waals surface area contributed by atoms with Crippen molar-refractivity contribution in [2.45, 2.75) is 84.0 Å². The van der Waals surface area contributed by atoms with E-state index >= 15 is 0 Å². The molecule has 2 unspecified atom stereocenters. The van der Waals surface area contributed by atoms with Crippen LogP contribution in [0.5, 0.6) is 5.75 Å². The van der Waals surface area contributed by atoms with E-state index in [0.717, 1.165) is 24.2 Å². The van der Waals surface area contributed by atoms with Crippen LogP contribution in [0.15, 0.2) is 24.3 Å². The molecule has 1 aliphatic rings. The van der Waals surface area contributed by atoms with Crippen LogP contribution in [0.2, 0.25) is 0 Å². The summed E-state index contributed by atoms with van der Waals surface area (Å²) in [6.07, 6.45) is 13.5. The third-order valence-corrected chi connectivity index (χ3v) is 5.05. The molecule has 1 aliphatic carbocycles. The van der Waals surface area contributed by atoms with Crippen LogP contribution in [-0.2, 0) is 0 Å². The molecule has 1 fully saturated rings. The maximum atomic E-state index is 5.88. The van der Waals surface area contributed by atoms with Gasteiger partial charge < -0.3 is 4.74 Å². The Labute approximate surface area is 137 Å². The molecule has 22 heavy (non-hydrogen) atoms. The van der Waals surface area contributed by atoms with E-state index in [2.05, 4.69) is 38.1 Å². The number of rotatable bonds is 9. The van der Waals surface area contributed by atoms with Gasteiger partial charge in [0.2, 0.25) is 0 Å². The van der Waals surface area contributed by atoms with E-state index in [-0.39, 0.29) is 0 Å². The second-order valence-electron chi connectivity index (χ2n) is 7.15. The van der Waals surface area contributed by atoms with Gasteiger partial charge in [-0.3, -0.25) is 0 Å². The van der Waals surface area contributed by atoms with Crippen LogP contribution in [0.4, 0.5) is 0 Å². The summed E-state index contributed by atoms with van der Waals surface area (Å²) in [5.74, 6) is 2.71. The predicted molar refractivity (Wildman–Crippen MR) is 95.7 cm³/mol. The van der Waals surface area contributed by atoms with Crippen molar-refractivity contribution in [3.63, 3.8) is 0 Å². The molecule has 0 N–H and O–H groups in total.